The van der Waals surface area contributed by atoms with Gasteiger partial charge in [0, 0.05) is 23.5 Å². The number of hydrogen-bond donors (Lipinski definition) is 1. The molecule has 1 N–H and O–H groups in total. The summed E-state index contributed by atoms with van der Waals surface area (Å²) in [6, 6.07) is 6.26. The maximum absolute atomic E-state index is 13.4. The van der Waals surface area contributed by atoms with Crippen LogP contribution in [0.1, 0.15) is 48.7 Å². The molecule has 3 rings (SSSR count). The molecule has 1 aliphatic carbocycles. The summed E-state index contributed by atoms with van der Waals surface area (Å²) in [5, 5.41) is 3.91. The number of fused-ring (bicyclic) bond motifs is 1. The van der Waals surface area contributed by atoms with Crippen LogP contribution in [0.3, 0.4) is 0 Å². The minimum absolute atomic E-state index is 0.00857. The predicted molar refractivity (Wildman–Crippen MR) is 103 cm³/mol. The van der Waals surface area contributed by atoms with Gasteiger partial charge in [-0.2, -0.15) is 0 Å². The third-order valence-electron chi connectivity index (χ3n) is 5.81. The second kappa shape index (κ2) is 7.31. The molecule has 0 radical (unpaired) electrons. The van der Waals surface area contributed by atoms with Crippen LogP contribution in [0.2, 0.25) is 0 Å². The lowest BCUT2D eigenvalue weighted by Crippen LogP contribution is -2.55. The van der Waals surface area contributed by atoms with Crippen LogP contribution in [0.5, 0.6) is 0 Å². The Balaban J connectivity index is 1.80. The van der Waals surface area contributed by atoms with Gasteiger partial charge in [0.2, 0.25) is 0 Å². The molecule has 0 unspecified atom stereocenters. The van der Waals surface area contributed by atoms with E-state index in [4.69, 9.17) is 0 Å². The van der Waals surface area contributed by atoms with E-state index in [1.165, 1.54) is 25.0 Å². The maximum Gasteiger partial charge on any atom is 0.253 e. The van der Waals surface area contributed by atoms with Gasteiger partial charge >= 0.3 is 0 Å². The normalized spacial score (nSPS) is 23.4. The van der Waals surface area contributed by atoms with Gasteiger partial charge in [0.1, 0.15) is 5.82 Å². The second-order valence-electron chi connectivity index (χ2n) is 7.96. The first-order chi connectivity index (χ1) is 12.3. The molecule has 0 aliphatic heterocycles. The van der Waals surface area contributed by atoms with Crippen molar-refractivity contribution in [2.45, 2.75) is 45.1 Å². The molecular weight excluding hydrogens is 329 g/mol. The van der Waals surface area contributed by atoms with Crippen molar-refractivity contribution < 1.29 is 9.18 Å². The van der Waals surface area contributed by atoms with Crippen LogP contribution >= 0.6 is 0 Å². The molecule has 1 saturated carbocycles. The van der Waals surface area contributed by atoms with Crippen molar-refractivity contribution >= 4 is 16.8 Å². The molecule has 26 heavy (non-hydrogen) atoms. The fraction of sp³-hybridized carbons (Fsp3) is 0.524. The molecule has 1 fully saturated rings. The summed E-state index contributed by atoms with van der Waals surface area (Å²) < 4.78 is 13.4. The largest absolute Gasteiger partial charge is 0.350 e. The quantitative estimate of drug-likeness (QED) is 0.902. The van der Waals surface area contributed by atoms with Crippen LogP contribution in [-0.2, 0) is 0 Å². The van der Waals surface area contributed by atoms with Crippen LogP contribution in [0, 0.1) is 18.7 Å². The Morgan fingerprint density at radius 1 is 1.38 bits per heavy atom. The Bertz CT molecular complexity index is 820. The summed E-state index contributed by atoms with van der Waals surface area (Å²) in [5.41, 5.74) is 1.76. The zero-order chi connectivity index (χ0) is 18.9. The number of benzene rings is 1. The van der Waals surface area contributed by atoms with Crippen LogP contribution in [0.25, 0.3) is 10.9 Å². The van der Waals surface area contributed by atoms with E-state index in [1.54, 1.807) is 19.1 Å². The van der Waals surface area contributed by atoms with E-state index < -0.39 is 0 Å². The number of nitrogens with one attached hydrogen (secondary N) is 1. The smallest absolute Gasteiger partial charge is 0.253 e. The topological polar surface area (TPSA) is 45.2 Å². The number of pyridine rings is 1. The molecule has 140 valence electrons. The lowest BCUT2D eigenvalue weighted by atomic mass is 9.75. The molecule has 0 bridgehead atoms. The number of carbonyl (C=O) groups excluding carboxylic acids is 1. The van der Waals surface area contributed by atoms with Gasteiger partial charge in [-0.15, -0.1) is 0 Å². The van der Waals surface area contributed by atoms with E-state index in [2.05, 4.69) is 36.2 Å². The number of aromatic nitrogens is 1. The van der Waals surface area contributed by atoms with Crippen molar-refractivity contribution in [2.24, 2.45) is 5.92 Å². The van der Waals surface area contributed by atoms with Gasteiger partial charge in [-0.3, -0.25) is 9.78 Å². The Hall–Kier alpha value is -2.01. The van der Waals surface area contributed by atoms with Gasteiger partial charge in [-0.05, 0) is 58.0 Å². The van der Waals surface area contributed by atoms with E-state index in [9.17, 15) is 9.18 Å². The third kappa shape index (κ3) is 3.73. The number of amides is 1. The maximum atomic E-state index is 13.4. The minimum Gasteiger partial charge on any atom is -0.350 e. The number of aryl methyl sites for hydroxylation is 1. The van der Waals surface area contributed by atoms with E-state index in [1.807, 2.05) is 0 Å². The SMILES string of the molecule is Cc1nc2cc(F)ccc2cc1C(=O)NC[C@@]1(N(C)C)CCC[C@@H](C)C1. The van der Waals surface area contributed by atoms with Crippen molar-refractivity contribution in [3.63, 3.8) is 0 Å². The van der Waals surface area contributed by atoms with Crippen molar-refractivity contribution in [3.05, 3.63) is 41.3 Å². The Kier molecular flexibility index (Phi) is 5.28. The molecule has 1 aromatic heterocycles. The van der Waals surface area contributed by atoms with Crippen LogP contribution in [-0.4, -0.2) is 42.0 Å². The Morgan fingerprint density at radius 3 is 2.85 bits per heavy atom. The molecule has 2 atom stereocenters. The molecule has 4 nitrogen and oxygen atoms in total. The van der Waals surface area contributed by atoms with Crippen molar-refractivity contribution in [3.8, 4) is 0 Å². The fourth-order valence-electron chi connectivity index (χ4n) is 4.16. The molecule has 1 heterocycles. The highest BCUT2D eigenvalue weighted by Crippen LogP contribution is 2.35. The predicted octanol–water partition coefficient (Wildman–Crippen LogP) is 3.92. The highest BCUT2D eigenvalue weighted by Gasteiger charge is 2.37. The minimum atomic E-state index is -0.319. The molecule has 0 saturated heterocycles. The number of carbonyl (C=O) groups is 1. The first kappa shape index (κ1) is 18.8. The van der Waals surface area contributed by atoms with Crippen molar-refractivity contribution in [1.82, 2.24) is 15.2 Å². The number of halogens is 1. The molecule has 1 amide bonds. The number of rotatable bonds is 4. The summed E-state index contributed by atoms with van der Waals surface area (Å²) in [6.45, 7) is 4.71. The molecule has 1 aliphatic rings. The zero-order valence-corrected chi connectivity index (χ0v) is 16.1. The summed E-state index contributed by atoms with van der Waals surface area (Å²) in [5.74, 6) is 0.239. The van der Waals surface area contributed by atoms with Crippen LogP contribution < -0.4 is 5.32 Å². The average molecular weight is 357 g/mol. The molecule has 0 spiro atoms. The van der Waals surface area contributed by atoms with E-state index >= 15 is 0 Å². The van der Waals surface area contributed by atoms with Gasteiger partial charge in [-0.1, -0.05) is 19.8 Å². The van der Waals surface area contributed by atoms with Crippen molar-refractivity contribution in [1.29, 1.82) is 0 Å². The number of hydrogen-bond acceptors (Lipinski definition) is 3. The second-order valence-corrected chi connectivity index (χ2v) is 7.96. The van der Waals surface area contributed by atoms with Gasteiger partial charge in [0.15, 0.2) is 0 Å². The van der Waals surface area contributed by atoms with E-state index in [-0.39, 0.29) is 17.3 Å². The van der Waals surface area contributed by atoms with Crippen LogP contribution in [0.15, 0.2) is 24.3 Å². The van der Waals surface area contributed by atoms with Crippen molar-refractivity contribution in [2.75, 3.05) is 20.6 Å². The van der Waals surface area contributed by atoms with Crippen LogP contribution in [0.4, 0.5) is 4.39 Å². The fourth-order valence-corrected chi connectivity index (χ4v) is 4.16. The monoisotopic (exact) mass is 357 g/mol. The number of nitrogens with zero attached hydrogens (tertiary/aromatic N) is 2. The van der Waals surface area contributed by atoms with Gasteiger partial charge < -0.3 is 10.2 Å². The standard InChI is InChI=1S/C21H28FN3O/c1-14-6-5-9-21(12-14,25(3)4)13-23-20(26)18-10-16-7-8-17(22)11-19(16)24-15(18)2/h7-8,10-11,14H,5-6,9,12-13H2,1-4H3,(H,23,26)/t14-,21-/m1/s1. The summed E-state index contributed by atoms with van der Waals surface area (Å²) in [6.07, 6.45) is 4.64. The van der Waals surface area contributed by atoms with Gasteiger partial charge in [0.05, 0.1) is 16.8 Å². The highest BCUT2D eigenvalue weighted by atomic mass is 19.1. The average Bonchev–Trinajstić information content (AvgIpc) is 2.59. The summed E-state index contributed by atoms with van der Waals surface area (Å²) in [4.78, 5) is 19.5. The Morgan fingerprint density at radius 2 is 2.15 bits per heavy atom. The van der Waals surface area contributed by atoms with E-state index in [0.29, 0.717) is 29.2 Å². The lowest BCUT2D eigenvalue weighted by Gasteiger charge is -2.45. The zero-order valence-electron chi connectivity index (χ0n) is 16.1. The first-order valence-corrected chi connectivity index (χ1v) is 9.33. The first-order valence-electron chi connectivity index (χ1n) is 9.33. The lowest BCUT2D eigenvalue weighted by molar-refractivity contribution is 0.0674. The molecule has 5 heteroatoms. The third-order valence-corrected chi connectivity index (χ3v) is 5.81. The van der Waals surface area contributed by atoms with E-state index in [0.717, 1.165) is 18.2 Å². The molecular formula is C21H28FN3O. The number of likely N-dealkylation sites (N-methyl/N-ethyl adjacent to an activating group) is 1. The van der Waals surface area contributed by atoms with Gasteiger partial charge in [0.25, 0.3) is 5.91 Å². The molecule has 1 aromatic carbocycles. The summed E-state index contributed by atoms with van der Waals surface area (Å²) >= 11 is 0. The Labute approximate surface area is 154 Å². The highest BCUT2D eigenvalue weighted by molar-refractivity contribution is 5.98. The van der Waals surface area contributed by atoms with Gasteiger partial charge in [-0.25, -0.2) is 4.39 Å². The molecule has 2 aromatic rings. The summed E-state index contributed by atoms with van der Waals surface area (Å²) in [7, 11) is 4.20.